The number of hydrogen-bond donors (Lipinski definition) is 1. The van der Waals surface area contributed by atoms with E-state index in [2.05, 4.69) is 27.6 Å². The molecule has 2 aliphatic rings. The van der Waals surface area contributed by atoms with E-state index in [1.807, 2.05) is 0 Å². The van der Waals surface area contributed by atoms with E-state index < -0.39 is 0 Å². The Hall–Kier alpha value is -0.870. The van der Waals surface area contributed by atoms with Crippen LogP contribution in [-0.2, 0) is 13.0 Å². The molecule has 1 fully saturated rings. The molecule has 0 amide bonds. The van der Waals surface area contributed by atoms with E-state index in [1.54, 1.807) is 0 Å². The molecule has 2 aliphatic heterocycles. The minimum Gasteiger partial charge on any atom is -0.329 e. The molecule has 0 spiro atoms. The number of nitrogens with zero attached hydrogens (tertiary/aromatic N) is 3. The van der Waals surface area contributed by atoms with Gasteiger partial charge >= 0.3 is 0 Å². The zero-order valence-corrected chi connectivity index (χ0v) is 10.6. The number of aryl methyl sites for hydroxylation is 1. The number of aromatic nitrogens is 2. The molecule has 3 heterocycles. The van der Waals surface area contributed by atoms with Crippen LogP contribution in [0, 0.1) is 0 Å². The molecular weight excluding hydrogens is 212 g/mol. The van der Waals surface area contributed by atoms with Crippen LogP contribution in [0.25, 0.3) is 0 Å². The number of imidazole rings is 1. The average molecular weight is 234 g/mol. The van der Waals surface area contributed by atoms with Crippen LogP contribution >= 0.6 is 0 Å². The standard InChI is InChI=1S/C13H22N4/c1-2-16-7-3-4-12(16)13-15-8-11-6-5-10(14)9-17(11)13/h8,10,12H,2-7,9,14H2,1H3. The summed E-state index contributed by atoms with van der Waals surface area (Å²) in [5.41, 5.74) is 7.46. The van der Waals surface area contributed by atoms with E-state index in [1.165, 1.54) is 30.9 Å². The molecule has 94 valence electrons. The molecule has 3 rings (SSSR count). The molecule has 4 nitrogen and oxygen atoms in total. The van der Waals surface area contributed by atoms with Crippen LogP contribution in [0.3, 0.4) is 0 Å². The van der Waals surface area contributed by atoms with Crippen LogP contribution in [0.15, 0.2) is 6.20 Å². The fourth-order valence-electron chi connectivity index (χ4n) is 3.26. The zero-order valence-electron chi connectivity index (χ0n) is 10.6. The Kier molecular flexibility index (Phi) is 2.92. The van der Waals surface area contributed by atoms with Crippen LogP contribution in [-0.4, -0.2) is 33.6 Å². The molecule has 1 aromatic heterocycles. The van der Waals surface area contributed by atoms with Gasteiger partial charge in [-0.2, -0.15) is 0 Å². The van der Waals surface area contributed by atoms with Gasteiger partial charge in [0, 0.05) is 24.5 Å². The van der Waals surface area contributed by atoms with Crippen molar-refractivity contribution in [2.45, 2.75) is 51.2 Å². The highest BCUT2D eigenvalue weighted by Gasteiger charge is 2.30. The quantitative estimate of drug-likeness (QED) is 0.839. The maximum absolute atomic E-state index is 6.08. The number of hydrogen-bond acceptors (Lipinski definition) is 3. The first-order chi connectivity index (χ1) is 8.29. The van der Waals surface area contributed by atoms with Gasteiger partial charge in [-0.1, -0.05) is 6.92 Å². The van der Waals surface area contributed by atoms with Crippen molar-refractivity contribution in [2.75, 3.05) is 13.1 Å². The van der Waals surface area contributed by atoms with E-state index >= 15 is 0 Å². The van der Waals surface area contributed by atoms with Gasteiger partial charge in [0.25, 0.3) is 0 Å². The lowest BCUT2D eigenvalue weighted by molar-refractivity contribution is 0.252. The maximum atomic E-state index is 6.08. The molecule has 1 aromatic rings. The van der Waals surface area contributed by atoms with Gasteiger partial charge in [0.1, 0.15) is 5.82 Å². The minimum atomic E-state index is 0.312. The summed E-state index contributed by atoms with van der Waals surface area (Å²) < 4.78 is 2.38. The Morgan fingerprint density at radius 1 is 1.47 bits per heavy atom. The summed E-state index contributed by atoms with van der Waals surface area (Å²) in [6, 6.07) is 0.839. The summed E-state index contributed by atoms with van der Waals surface area (Å²) in [5, 5.41) is 0. The summed E-state index contributed by atoms with van der Waals surface area (Å²) in [6.07, 6.45) is 6.81. The van der Waals surface area contributed by atoms with Crippen LogP contribution in [0.5, 0.6) is 0 Å². The summed E-state index contributed by atoms with van der Waals surface area (Å²) in [5.74, 6) is 1.26. The third kappa shape index (κ3) is 1.89. The fourth-order valence-corrected chi connectivity index (χ4v) is 3.26. The van der Waals surface area contributed by atoms with Gasteiger partial charge in [-0.25, -0.2) is 4.98 Å². The van der Waals surface area contributed by atoms with Crippen molar-refractivity contribution in [3.8, 4) is 0 Å². The van der Waals surface area contributed by atoms with Crippen molar-refractivity contribution in [1.82, 2.24) is 14.5 Å². The van der Waals surface area contributed by atoms with Gasteiger partial charge in [-0.15, -0.1) is 0 Å². The molecule has 0 bridgehead atoms. The summed E-state index contributed by atoms with van der Waals surface area (Å²) in [7, 11) is 0. The molecule has 0 aliphatic carbocycles. The van der Waals surface area contributed by atoms with Crippen molar-refractivity contribution < 1.29 is 0 Å². The fraction of sp³-hybridized carbons (Fsp3) is 0.769. The second kappa shape index (κ2) is 4.42. The van der Waals surface area contributed by atoms with E-state index in [0.717, 1.165) is 25.9 Å². The number of nitrogens with two attached hydrogens (primary N) is 1. The molecular formula is C13H22N4. The SMILES string of the molecule is CCN1CCCC1c1ncc2n1CC(N)CC2. The summed E-state index contributed by atoms with van der Waals surface area (Å²) in [6.45, 7) is 5.54. The normalized spacial score (nSPS) is 29.5. The maximum Gasteiger partial charge on any atom is 0.126 e. The van der Waals surface area contributed by atoms with Crippen LogP contribution in [0.2, 0.25) is 0 Å². The topological polar surface area (TPSA) is 47.1 Å². The first-order valence-corrected chi connectivity index (χ1v) is 6.83. The minimum absolute atomic E-state index is 0.312. The number of rotatable bonds is 2. The van der Waals surface area contributed by atoms with Gasteiger partial charge in [-0.05, 0) is 38.8 Å². The van der Waals surface area contributed by atoms with Crippen LogP contribution in [0.1, 0.15) is 43.7 Å². The molecule has 2 unspecified atom stereocenters. The second-order valence-corrected chi connectivity index (χ2v) is 5.30. The highest BCUT2D eigenvalue weighted by molar-refractivity contribution is 5.13. The van der Waals surface area contributed by atoms with Crippen molar-refractivity contribution in [3.05, 3.63) is 17.7 Å². The largest absolute Gasteiger partial charge is 0.329 e. The van der Waals surface area contributed by atoms with Crippen molar-refractivity contribution in [1.29, 1.82) is 0 Å². The number of likely N-dealkylation sites (tertiary alicyclic amines) is 1. The first-order valence-electron chi connectivity index (χ1n) is 6.83. The lowest BCUT2D eigenvalue weighted by Crippen LogP contribution is -2.34. The van der Waals surface area contributed by atoms with Crippen LogP contribution in [0.4, 0.5) is 0 Å². The Bertz CT molecular complexity index is 398. The Morgan fingerprint density at radius 2 is 2.35 bits per heavy atom. The van der Waals surface area contributed by atoms with Gasteiger partial charge in [0.15, 0.2) is 0 Å². The third-order valence-electron chi connectivity index (χ3n) is 4.23. The summed E-state index contributed by atoms with van der Waals surface area (Å²) in [4.78, 5) is 7.22. The molecule has 1 saturated heterocycles. The molecule has 0 saturated carbocycles. The average Bonchev–Trinajstić information content (AvgIpc) is 2.93. The lowest BCUT2D eigenvalue weighted by Gasteiger charge is -2.27. The molecule has 4 heteroatoms. The monoisotopic (exact) mass is 234 g/mol. The van der Waals surface area contributed by atoms with Gasteiger partial charge in [0.2, 0.25) is 0 Å². The predicted octanol–water partition coefficient (Wildman–Crippen LogP) is 1.31. The molecule has 2 atom stereocenters. The van der Waals surface area contributed by atoms with E-state index in [-0.39, 0.29) is 0 Å². The highest BCUT2D eigenvalue weighted by atomic mass is 15.2. The predicted molar refractivity (Wildman–Crippen MR) is 67.7 cm³/mol. The van der Waals surface area contributed by atoms with E-state index in [9.17, 15) is 0 Å². The Balaban J connectivity index is 1.90. The van der Waals surface area contributed by atoms with Gasteiger partial charge in [-0.3, -0.25) is 4.90 Å². The van der Waals surface area contributed by atoms with Gasteiger partial charge in [0.05, 0.1) is 6.04 Å². The zero-order chi connectivity index (χ0) is 11.8. The number of fused-ring (bicyclic) bond motifs is 1. The third-order valence-corrected chi connectivity index (χ3v) is 4.23. The summed E-state index contributed by atoms with van der Waals surface area (Å²) >= 11 is 0. The van der Waals surface area contributed by atoms with Gasteiger partial charge < -0.3 is 10.3 Å². The molecule has 0 radical (unpaired) electrons. The van der Waals surface area contributed by atoms with Crippen molar-refractivity contribution in [3.63, 3.8) is 0 Å². The Morgan fingerprint density at radius 3 is 3.18 bits per heavy atom. The van der Waals surface area contributed by atoms with Crippen LogP contribution < -0.4 is 5.73 Å². The molecule has 0 aromatic carbocycles. The van der Waals surface area contributed by atoms with E-state index in [0.29, 0.717) is 12.1 Å². The molecule has 2 N–H and O–H groups in total. The van der Waals surface area contributed by atoms with Crippen molar-refractivity contribution >= 4 is 0 Å². The van der Waals surface area contributed by atoms with E-state index in [4.69, 9.17) is 5.73 Å². The highest BCUT2D eigenvalue weighted by Crippen LogP contribution is 2.32. The molecule has 17 heavy (non-hydrogen) atoms. The first kappa shape index (κ1) is 11.2. The van der Waals surface area contributed by atoms with Crippen molar-refractivity contribution in [2.24, 2.45) is 5.73 Å². The Labute approximate surface area is 103 Å². The smallest absolute Gasteiger partial charge is 0.126 e. The lowest BCUT2D eigenvalue weighted by atomic mass is 10.1. The second-order valence-electron chi connectivity index (χ2n) is 5.30.